The summed E-state index contributed by atoms with van der Waals surface area (Å²) in [6, 6.07) is 31.8. The fraction of sp³-hybridized carbons (Fsp3) is 0. The molecule has 0 saturated heterocycles. The van der Waals surface area contributed by atoms with E-state index in [9.17, 15) is 5.26 Å². The van der Waals surface area contributed by atoms with Crippen molar-refractivity contribution >= 4 is 27.6 Å². The van der Waals surface area contributed by atoms with Crippen molar-refractivity contribution in [1.82, 2.24) is 4.98 Å². The molecule has 4 nitrogen and oxygen atoms in total. The van der Waals surface area contributed by atoms with Gasteiger partial charge in [-0.1, -0.05) is 78.9 Å². The molecule has 0 radical (unpaired) electrons. The molecule has 0 aliphatic heterocycles. The van der Waals surface area contributed by atoms with Gasteiger partial charge in [0.25, 0.3) is 0 Å². The summed E-state index contributed by atoms with van der Waals surface area (Å²) < 4.78 is 6.51. The Bertz CT molecular complexity index is 1800. The number of aromatic nitrogens is 1. The topological polar surface area (TPSA) is 54.2 Å². The number of hydrogen-bond acceptors (Lipinski definition) is 3. The quantitative estimate of drug-likeness (QED) is 0.256. The van der Waals surface area contributed by atoms with Gasteiger partial charge in [0.2, 0.25) is 0 Å². The molecule has 2 aromatic heterocycles. The highest BCUT2D eigenvalue weighted by Gasteiger charge is 2.17. The number of hydrogen-bond donors (Lipinski definition) is 0. The Hall–Kier alpha value is -5.19. The van der Waals surface area contributed by atoms with E-state index >= 15 is 0 Å². The molecule has 6 rings (SSSR count). The summed E-state index contributed by atoms with van der Waals surface area (Å²) in [6.45, 7) is 7.20. The monoisotopic (exact) mass is 447 g/mol. The number of pyridine rings is 1. The number of rotatable bonds is 3. The van der Waals surface area contributed by atoms with E-state index in [0.717, 1.165) is 55.3 Å². The first-order valence-corrected chi connectivity index (χ1v) is 11.1. The van der Waals surface area contributed by atoms with Crippen LogP contribution in [0.2, 0.25) is 0 Å². The molecule has 4 heteroatoms. The van der Waals surface area contributed by atoms with Crippen molar-refractivity contribution in [3.8, 4) is 39.4 Å². The summed E-state index contributed by atoms with van der Waals surface area (Å²) in [5.74, 6) is 0. The van der Waals surface area contributed by atoms with Crippen LogP contribution in [0.15, 0.2) is 108 Å². The van der Waals surface area contributed by atoms with Gasteiger partial charge in [-0.3, -0.25) is 4.98 Å². The van der Waals surface area contributed by atoms with Gasteiger partial charge in [0.1, 0.15) is 11.2 Å². The van der Waals surface area contributed by atoms with E-state index in [1.165, 1.54) is 0 Å². The molecule has 0 aliphatic rings. The van der Waals surface area contributed by atoms with Crippen LogP contribution in [-0.2, 0) is 0 Å². The van der Waals surface area contributed by atoms with Crippen LogP contribution in [0.3, 0.4) is 0 Å². The lowest BCUT2D eigenvalue weighted by atomic mass is 9.94. The van der Waals surface area contributed by atoms with Crippen LogP contribution in [0.5, 0.6) is 0 Å². The third-order valence-electron chi connectivity index (χ3n) is 6.26. The molecule has 0 bridgehead atoms. The predicted molar refractivity (Wildman–Crippen MR) is 139 cm³/mol. The number of nitriles is 1. The predicted octanol–water partition coefficient (Wildman–Crippen LogP) is 8.40. The van der Waals surface area contributed by atoms with Crippen LogP contribution in [0.1, 0.15) is 5.56 Å². The molecule has 0 spiro atoms. The van der Waals surface area contributed by atoms with Crippen molar-refractivity contribution in [2.75, 3.05) is 0 Å². The molecule has 0 atom stereocenters. The third kappa shape index (κ3) is 3.42. The number of nitrogens with zero attached hydrogens (tertiary/aromatic N) is 3. The Morgan fingerprint density at radius 2 is 1.43 bits per heavy atom. The summed E-state index contributed by atoms with van der Waals surface area (Å²) in [5, 5.41) is 12.0. The van der Waals surface area contributed by atoms with Crippen molar-refractivity contribution < 1.29 is 4.42 Å². The van der Waals surface area contributed by atoms with Gasteiger partial charge in [0.15, 0.2) is 5.69 Å². The minimum absolute atomic E-state index is 0.578. The zero-order valence-corrected chi connectivity index (χ0v) is 18.6. The lowest BCUT2D eigenvalue weighted by molar-refractivity contribution is 0.671. The van der Waals surface area contributed by atoms with Gasteiger partial charge < -0.3 is 4.42 Å². The third-order valence-corrected chi connectivity index (χ3v) is 6.26. The van der Waals surface area contributed by atoms with Gasteiger partial charge in [-0.25, -0.2) is 4.85 Å². The zero-order chi connectivity index (χ0) is 23.8. The number of furan rings is 1. The molecule has 0 fully saturated rings. The standard InChI is InChI=1S/C31H17N3O/c1-33-24-13-10-20(11-14-24)26-6-2-8-28-29-9-3-7-27(31(29)35-30(26)28)25-15-12-21(17-23(25)18-32)22-5-4-16-34-19-22/h2-17,19H. The minimum atomic E-state index is 0.578. The van der Waals surface area contributed by atoms with E-state index in [-0.39, 0.29) is 0 Å². The second-order valence-electron chi connectivity index (χ2n) is 8.24. The first kappa shape index (κ1) is 20.4. The van der Waals surface area contributed by atoms with Gasteiger partial charge in [-0.2, -0.15) is 5.26 Å². The molecule has 6 aromatic rings. The SMILES string of the molecule is [C-]#[N+]c1ccc(-c2cccc3c2oc2c(-c4ccc(-c5cccnc5)cc4C#N)cccc23)cc1. The van der Waals surface area contributed by atoms with E-state index in [1.807, 2.05) is 84.9 Å². The van der Waals surface area contributed by atoms with E-state index < -0.39 is 0 Å². The van der Waals surface area contributed by atoms with Crippen molar-refractivity contribution in [2.24, 2.45) is 0 Å². The molecular formula is C31H17N3O. The van der Waals surface area contributed by atoms with Gasteiger partial charge >= 0.3 is 0 Å². The van der Waals surface area contributed by atoms with Gasteiger partial charge in [-0.05, 0) is 23.3 Å². The summed E-state index contributed by atoms with van der Waals surface area (Å²) in [7, 11) is 0. The molecule has 0 saturated carbocycles. The first-order chi connectivity index (χ1) is 17.3. The number of benzene rings is 4. The fourth-order valence-electron chi connectivity index (χ4n) is 4.56. The highest BCUT2D eigenvalue weighted by atomic mass is 16.3. The smallest absolute Gasteiger partial charge is 0.187 e. The van der Waals surface area contributed by atoms with Crippen LogP contribution in [0, 0.1) is 17.9 Å². The van der Waals surface area contributed by atoms with E-state index in [4.69, 9.17) is 11.0 Å². The normalized spacial score (nSPS) is 10.8. The Kier molecular flexibility index (Phi) is 4.84. The molecule has 0 unspecified atom stereocenters. The first-order valence-electron chi connectivity index (χ1n) is 11.1. The van der Waals surface area contributed by atoms with E-state index in [0.29, 0.717) is 11.3 Å². The molecule has 0 aliphatic carbocycles. The van der Waals surface area contributed by atoms with Gasteiger partial charge in [0, 0.05) is 45.4 Å². The van der Waals surface area contributed by atoms with Gasteiger partial charge in [0.05, 0.1) is 18.2 Å². The van der Waals surface area contributed by atoms with Crippen molar-refractivity contribution in [3.63, 3.8) is 0 Å². The highest BCUT2D eigenvalue weighted by Crippen LogP contribution is 2.41. The molecule has 0 N–H and O–H groups in total. The van der Waals surface area contributed by atoms with E-state index in [1.54, 1.807) is 12.4 Å². The van der Waals surface area contributed by atoms with Crippen LogP contribution < -0.4 is 0 Å². The fourth-order valence-corrected chi connectivity index (χ4v) is 4.56. The van der Waals surface area contributed by atoms with Crippen molar-refractivity contribution in [2.45, 2.75) is 0 Å². The van der Waals surface area contributed by atoms with Crippen LogP contribution in [-0.4, -0.2) is 4.98 Å². The van der Waals surface area contributed by atoms with Crippen LogP contribution >= 0.6 is 0 Å². The van der Waals surface area contributed by atoms with E-state index in [2.05, 4.69) is 22.0 Å². The number of fused-ring (bicyclic) bond motifs is 3. The largest absolute Gasteiger partial charge is 0.455 e. The summed E-state index contributed by atoms with van der Waals surface area (Å²) in [5.41, 5.74) is 8.28. The van der Waals surface area contributed by atoms with Crippen molar-refractivity contribution in [1.29, 1.82) is 5.26 Å². The summed E-state index contributed by atoms with van der Waals surface area (Å²) in [4.78, 5) is 7.68. The lowest BCUT2D eigenvalue weighted by Crippen LogP contribution is -1.88. The maximum atomic E-state index is 9.98. The van der Waals surface area contributed by atoms with Crippen molar-refractivity contribution in [3.05, 3.63) is 120 Å². The summed E-state index contributed by atoms with van der Waals surface area (Å²) >= 11 is 0. The molecule has 162 valence electrons. The Morgan fingerprint density at radius 3 is 2.11 bits per heavy atom. The molecular weight excluding hydrogens is 430 g/mol. The average Bonchev–Trinajstić information content (AvgIpc) is 3.32. The van der Waals surface area contributed by atoms with Crippen LogP contribution in [0.25, 0.3) is 60.2 Å². The molecule has 4 aromatic carbocycles. The summed E-state index contributed by atoms with van der Waals surface area (Å²) in [6.07, 6.45) is 3.53. The molecule has 0 amide bonds. The van der Waals surface area contributed by atoms with Crippen LogP contribution in [0.4, 0.5) is 5.69 Å². The lowest BCUT2D eigenvalue weighted by Gasteiger charge is -2.08. The average molecular weight is 447 g/mol. The minimum Gasteiger partial charge on any atom is -0.455 e. The second kappa shape index (κ2) is 8.30. The number of para-hydroxylation sites is 2. The molecule has 35 heavy (non-hydrogen) atoms. The Balaban J connectivity index is 1.55. The highest BCUT2D eigenvalue weighted by molar-refractivity contribution is 6.13. The maximum Gasteiger partial charge on any atom is 0.187 e. The van der Waals surface area contributed by atoms with Gasteiger partial charge in [-0.15, -0.1) is 0 Å². The molecule has 2 heterocycles. The zero-order valence-electron chi connectivity index (χ0n) is 18.6. The maximum absolute atomic E-state index is 9.98. The Labute approximate surface area is 202 Å². The Morgan fingerprint density at radius 1 is 0.714 bits per heavy atom. The second-order valence-corrected chi connectivity index (χ2v) is 8.24.